The molecule has 2 N–H and O–H groups in total. The smallest absolute Gasteiger partial charge is 0.264 e. The van der Waals surface area contributed by atoms with Gasteiger partial charge in [-0.25, -0.2) is 15.0 Å². The number of hydrogen-bond donors (Lipinski definition) is 2. The summed E-state index contributed by atoms with van der Waals surface area (Å²) >= 11 is 5.14. The molecule has 0 amide bonds. The summed E-state index contributed by atoms with van der Waals surface area (Å²) in [5, 5.41) is 10.6. The maximum Gasteiger partial charge on any atom is 0.264 e. The second-order valence-corrected chi connectivity index (χ2v) is 7.34. The van der Waals surface area contributed by atoms with Crippen molar-refractivity contribution in [2.75, 3.05) is 31.7 Å². The van der Waals surface area contributed by atoms with E-state index in [0.29, 0.717) is 30.3 Å². The van der Waals surface area contributed by atoms with Crippen molar-refractivity contribution in [3.63, 3.8) is 0 Å². The highest BCUT2D eigenvalue weighted by Gasteiger charge is 2.19. The average molecular weight is 427 g/mol. The van der Waals surface area contributed by atoms with Crippen LogP contribution in [-0.4, -0.2) is 57.6 Å². The molecule has 2 aromatic heterocycles. The summed E-state index contributed by atoms with van der Waals surface area (Å²) in [4.78, 5) is 30.9. The number of methoxy groups -OCH3 is 1. The molecule has 1 aliphatic rings. The maximum absolute atomic E-state index is 12.4. The van der Waals surface area contributed by atoms with Gasteiger partial charge in [0.2, 0.25) is 5.88 Å². The lowest BCUT2D eigenvalue weighted by Crippen LogP contribution is -2.20. The number of anilines is 1. The molecule has 0 aliphatic carbocycles. The van der Waals surface area contributed by atoms with Crippen LogP contribution in [0.25, 0.3) is 11.0 Å². The second kappa shape index (κ2) is 8.72. The molecule has 1 saturated heterocycles. The third-order valence-corrected chi connectivity index (χ3v) is 5.30. The molecule has 9 nitrogen and oxygen atoms in total. The van der Waals surface area contributed by atoms with Crippen LogP contribution >= 0.6 is 12.2 Å². The summed E-state index contributed by atoms with van der Waals surface area (Å²) < 4.78 is 6.56. The first kappa shape index (κ1) is 20.2. The summed E-state index contributed by atoms with van der Waals surface area (Å²) in [6.45, 7) is 2.39. The van der Waals surface area contributed by atoms with Gasteiger partial charge in [0.15, 0.2) is 16.4 Å². The lowest BCUT2D eigenvalue weighted by molar-refractivity contribution is 0.182. The van der Waals surface area contributed by atoms with E-state index in [1.807, 2.05) is 24.3 Å². The number of nitrogens with one attached hydrogen (secondary N) is 1. The molecule has 3 heterocycles. The van der Waals surface area contributed by atoms with Crippen LogP contribution in [0, 0.1) is 4.77 Å². The quantitative estimate of drug-likeness (QED) is 0.461. The number of ether oxygens (including phenoxy) is 1. The average Bonchev–Trinajstić information content (AvgIpc) is 3.27. The van der Waals surface area contributed by atoms with Gasteiger partial charge in [-0.3, -0.25) is 14.3 Å². The van der Waals surface area contributed by atoms with Crippen LogP contribution in [0.3, 0.4) is 0 Å². The third kappa shape index (κ3) is 3.96. The van der Waals surface area contributed by atoms with Gasteiger partial charge in [0, 0.05) is 26.4 Å². The van der Waals surface area contributed by atoms with Crippen molar-refractivity contribution in [2.24, 2.45) is 4.99 Å². The van der Waals surface area contributed by atoms with Gasteiger partial charge in [0.05, 0.1) is 24.2 Å². The van der Waals surface area contributed by atoms with Crippen molar-refractivity contribution in [1.82, 2.24) is 19.5 Å². The van der Waals surface area contributed by atoms with Gasteiger partial charge >= 0.3 is 0 Å². The summed E-state index contributed by atoms with van der Waals surface area (Å²) in [6.07, 6.45) is 3.47. The minimum Gasteiger partial charge on any atom is -0.494 e. The number of rotatable bonds is 6. The Kier molecular flexibility index (Phi) is 5.86. The molecule has 1 aliphatic heterocycles. The standard InChI is InChI=1S/C20H22N6O3S/c1-29-11-10-26-19(28)13(18(27)24-20(26)30)12-21-16-17(25-8-4-5-9-25)23-15-7-3-2-6-14(15)22-16/h2-3,6-7,12,28H,4-5,8-11H2,1H3,(H,24,27,30). The van der Waals surface area contributed by atoms with Crippen molar-refractivity contribution in [3.8, 4) is 5.88 Å². The highest BCUT2D eigenvalue weighted by molar-refractivity contribution is 7.71. The Labute approximate surface area is 177 Å². The van der Waals surface area contributed by atoms with Gasteiger partial charge in [0.25, 0.3) is 5.56 Å². The minimum atomic E-state index is -0.522. The SMILES string of the molecule is COCCn1c(O)c(C=Nc2nc3ccccc3nc2N2CCCC2)c(=O)[nH]c1=S. The first-order valence-corrected chi connectivity index (χ1v) is 10.1. The summed E-state index contributed by atoms with van der Waals surface area (Å²) in [5.74, 6) is 0.812. The molecule has 1 fully saturated rings. The van der Waals surface area contributed by atoms with E-state index in [4.69, 9.17) is 21.9 Å². The van der Waals surface area contributed by atoms with E-state index in [1.165, 1.54) is 10.8 Å². The fraction of sp³-hybridized carbons (Fsp3) is 0.350. The number of nitrogens with zero attached hydrogens (tertiary/aromatic N) is 5. The Morgan fingerprint density at radius 2 is 1.97 bits per heavy atom. The van der Waals surface area contributed by atoms with E-state index in [9.17, 15) is 9.90 Å². The van der Waals surface area contributed by atoms with Gasteiger partial charge in [0.1, 0.15) is 5.56 Å². The first-order valence-electron chi connectivity index (χ1n) is 9.69. The number of aromatic hydroxyl groups is 1. The van der Waals surface area contributed by atoms with Crippen LogP contribution in [0.1, 0.15) is 18.4 Å². The van der Waals surface area contributed by atoms with Crippen LogP contribution in [0.15, 0.2) is 34.1 Å². The number of benzene rings is 1. The number of aromatic amines is 1. The van der Waals surface area contributed by atoms with Crippen LogP contribution in [0.2, 0.25) is 0 Å². The minimum absolute atomic E-state index is 0.00188. The van der Waals surface area contributed by atoms with Gasteiger partial charge in [-0.1, -0.05) is 12.1 Å². The molecular formula is C20H22N6O3S. The monoisotopic (exact) mass is 426 g/mol. The fourth-order valence-corrected chi connectivity index (χ4v) is 3.69. The summed E-state index contributed by atoms with van der Waals surface area (Å²) in [6, 6.07) is 7.58. The molecule has 0 radical (unpaired) electrons. The van der Waals surface area contributed by atoms with E-state index >= 15 is 0 Å². The molecular weight excluding hydrogens is 404 g/mol. The molecule has 156 valence electrons. The Bertz CT molecular complexity index is 1210. The lowest BCUT2D eigenvalue weighted by atomic mass is 10.3. The fourth-order valence-electron chi connectivity index (χ4n) is 3.42. The number of aliphatic imine (C=N–C) groups is 1. The number of H-pyrrole nitrogens is 1. The Morgan fingerprint density at radius 1 is 1.27 bits per heavy atom. The third-order valence-electron chi connectivity index (χ3n) is 4.98. The number of para-hydroxylation sites is 2. The predicted octanol–water partition coefficient (Wildman–Crippen LogP) is 2.55. The zero-order valence-electron chi connectivity index (χ0n) is 16.5. The molecule has 0 spiro atoms. The zero-order chi connectivity index (χ0) is 21.1. The Hall–Kier alpha value is -3.11. The topological polar surface area (TPSA) is 109 Å². The largest absolute Gasteiger partial charge is 0.494 e. The van der Waals surface area contributed by atoms with Gasteiger partial charge in [-0.15, -0.1) is 0 Å². The molecule has 0 saturated carbocycles. The van der Waals surface area contributed by atoms with Gasteiger partial charge < -0.3 is 14.7 Å². The van der Waals surface area contributed by atoms with Crippen LogP contribution in [-0.2, 0) is 11.3 Å². The van der Waals surface area contributed by atoms with E-state index in [-0.39, 0.29) is 16.2 Å². The molecule has 10 heteroatoms. The molecule has 1 aromatic carbocycles. The predicted molar refractivity (Wildman–Crippen MR) is 118 cm³/mol. The van der Waals surface area contributed by atoms with E-state index in [2.05, 4.69) is 19.9 Å². The van der Waals surface area contributed by atoms with Crippen LogP contribution in [0.4, 0.5) is 11.6 Å². The summed E-state index contributed by atoms with van der Waals surface area (Å²) in [7, 11) is 1.55. The van der Waals surface area contributed by atoms with Crippen molar-refractivity contribution >= 4 is 41.1 Å². The number of hydrogen-bond acceptors (Lipinski definition) is 8. The second-order valence-electron chi connectivity index (χ2n) is 6.95. The number of aromatic nitrogens is 4. The van der Waals surface area contributed by atoms with Crippen molar-refractivity contribution in [2.45, 2.75) is 19.4 Å². The van der Waals surface area contributed by atoms with E-state index < -0.39 is 5.56 Å². The van der Waals surface area contributed by atoms with Crippen molar-refractivity contribution < 1.29 is 9.84 Å². The molecule has 0 unspecified atom stereocenters. The Balaban J connectivity index is 1.79. The molecule has 4 rings (SSSR count). The van der Waals surface area contributed by atoms with Crippen LogP contribution in [0.5, 0.6) is 5.88 Å². The highest BCUT2D eigenvalue weighted by atomic mass is 32.1. The van der Waals surface area contributed by atoms with E-state index in [0.717, 1.165) is 31.4 Å². The van der Waals surface area contributed by atoms with Crippen molar-refractivity contribution in [1.29, 1.82) is 0 Å². The molecule has 0 bridgehead atoms. The first-order chi connectivity index (χ1) is 14.6. The highest BCUT2D eigenvalue weighted by Crippen LogP contribution is 2.30. The van der Waals surface area contributed by atoms with Crippen molar-refractivity contribution in [3.05, 3.63) is 45.0 Å². The maximum atomic E-state index is 12.4. The van der Waals surface area contributed by atoms with Gasteiger partial charge in [-0.05, 0) is 37.2 Å². The van der Waals surface area contributed by atoms with E-state index in [1.54, 1.807) is 7.11 Å². The molecule has 3 aromatic rings. The Morgan fingerprint density at radius 3 is 2.67 bits per heavy atom. The number of fused-ring (bicyclic) bond motifs is 1. The zero-order valence-corrected chi connectivity index (χ0v) is 17.4. The molecule has 30 heavy (non-hydrogen) atoms. The van der Waals surface area contributed by atoms with Crippen LogP contribution < -0.4 is 10.5 Å². The van der Waals surface area contributed by atoms with Gasteiger partial charge in [-0.2, -0.15) is 0 Å². The summed E-state index contributed by atoms with van der Waals surface area (Å²) in [5.41, 5.74) is 0.974. The normalized spacial score (nSPS) is 14.2. The lowest BCUT2D eigenvalue weighted by Gasteiger charge is -2.18. The molecule has 0 atom stereocenters.